The van der Waals surface area contributed by atoms with Crippen LogP contribution in [0.15, 0.2) is 6.07 Å². The van der Waals surface area contributed by atoms with Gasteiger partial charge in [0.1, 0.15) is 5.82 Å². The maximum absolute atomic E-state index is 11.6. The number of hydrogen-bond acceptors (Lipinski definition) is 5. The summed E-state index contributed by atoms with van der Waals surface area (Å²) in [7, 11) is -2.89. The predicted octanol–water partition coefficient (Wildman–Crippen LogP) is 1.43. The minimum absolute atomic E-state index is 0.0382. The number of nitrogens with zero attached hydrogens (tertiary/aromatic N) is 2. The Morgan fingerprint density at radius 2 is 2.15 bits per heavy atom. The van der Waals surface area contributed by atoms with Crippen molar-refractivity contribution in [3.05, 3.63) is 23.3 Å². The minimum Gasteiger partial charge on any atom is -0.311 e. The molecule has 2 rings (SSSR count). The lowest BCUT2D eigenvalue weighted by Gasteiger charge is -2.11. The summed E-state index contributed by atoms with van der Waals surface area (Å²) in [6, 6.07) is 1.96. The fourth-order valence-corrected chi connectivity index (χ4v) is 4.16. The first-order chi connectivity index (χ1) is 9.35. The van der Waals surface area contributed by atoms with Crippen LogP contribution in [0.4, 0.5) is 0 Å². The molecular weight excluding hydrogens is 274 g/mol. The van der Waals surface area contributed by atoms with Crippen LogP contribution in [0.3, 0.4) is 0 Å². The Bertz CT molecular complexity index is 570. The molecule has 0 saturated carbocycles. The van der Waals surface area contributed by atoms with Gasteiger partial charge in [-0.3, -0.25) is 0 Å². The van der Waals surface area contributed by atoms with Crippen molar-refractivity contribution in [3.63, 3.8) is 0 Å². The molecule has 5 nitrogen and oxygen atoms in total. The lowest BCUT2D eigenvalue weighted by atomic mass is 10.1. The highest BCUT2D eigenvalue weighted by Gasteiger charge is 2.31. The normalized spacial score (nSPS) is 21.5. The Kier molecular flexibility index (Phi) is 4.75. The maximum Gasteiger partial charge on any atom is 0.151 e. The molecule has 1 atom stereocenters. The number of aryl methyl sites for hydroxylation is 1. The Hall–Kier alpha value is -1.01. The highest BCUT2D eigenvalue weighted by Crippen LogP contribution is 2.26. The molecule has 1 saturated heterocycles. The van der Waals surface area contributed by atoms with Crippen molar-refractivity contribution >= 4 is 9.84 Å². The molecule has 2 heterocycles. The minimum atomic E-state index is -2.89. The third-order valence-electron chi connectivity index (χ3n) is 3.38. The van der Waals surface area contributed by atoms with E-state index in [-0.39, 0.29) is 17.4 Å². The first-order valence-electron chi connectivity index (χ1n) is 7.11. The second-order valence-corrected chi connectivity index (χ2v) is 8.21. The molecule has 1 aliphatic heterocycles. The molecule has 0 bridgehead atoms. The maximum atomic E-state index is 11.6. The van der Waals surface area contributed by atoms with Gasteiger partial charge in [-0.05, 0) is 31.9 Å². The van der Waals surface area contributed by atoms with Crippen molar-refractivity contribution in [2.75, 3.05) is 18.1 Å². The molecular formula is C14H23N3O2S. The molecule has 0 amide bonds. The molecule has 1 unspecified atom stereocenters. The van der Waals surface area contributed by atoms with Crippen LogP contribution in [0, 0.1) is 12.8 Å². The van der Waals surface area contributed by atoms with Gasteiger partial charge >= 0.3 is 0 Å². The third kappa shape index (κ3) is 4.24. The average molecular weight is 297 g/mol. The first kappa shape index (κ1) is 15.4. The van der Waals surface area contributed by atoms with Gasteiger partial charge in [0.15, 0.2) is 9.84 Å². The van der Waals surface area contributed by atoms with Gasteiger partial charge in [-0.15, -0.1) is 0 Å². The number of rotatable bonds is 5. The molecule has 0 aliphatic carbocycles. The number of nitrogens with one attached hydrogen (secondary N) is 1. The Labute approximate surface area is 121 Å². The summed E-state index contributed by atoms with van der Waals surface area (Å²) in [4.78, 5) is 8.96. The van der Waals surface area contributed by atoms with Crippen LogP contribution in [-0.2, 0) is 16.4 Å². The summed E-state index contributed by atoms with van der Waals surface area (Å²) < 4.78 is 23.1. The predicted molar refractivity (Wildman–Crippen MR) is 79.3 cm³/mol. The van der Waals surface area contributed by atoms with Gasteiger partial charge in [-0.25, -0.2) is 18.4 Å². The molecule has 1 N–H and O–H groups in total. The zero-order chi connectivity index (χ0) is 14.8. The zero-order valence-electron chi connectivity index (χ0n) is 12.4. The molecule has 112 valence electrons. The molecule has 1 aromatic rings. The standard InChI is InChI=1S/C14H23N3O2S/c1-10(2)7-15-8-13-6-11(3)16-14(17-13)12-4-5-20(18,19)9-12/h6,10,12,15H,4-5,7-9H2,1-3H3. The molecule has 1 fully saturated rings. The van der Waals surface area contributed by atoms with Crippen molar-refractivity contribution in [1.82, 2.24) is 15.3 Å². The number of aromatic nitrogens is 2. The molecule has 0 aromatic carbocycles. The van der Waals surface area contributed by atoms with Gasteiger partial charge < -0.3 is 5.32 Å². The number of sulfone groups is 1. The van der Waals surface area contributed by atoms with Crippen molar-refractivity contribution < 1.29 is 8.42 Å². The SMILES string of the molecule is Cc1cc(CNCC(C)C)nc(C2CCS(=O)(=O)C2)n1. The fraction of sp³-hybridized carbons (Fsp3) is 0.714. The summed E-state index contributed by atoms with van der Waals surface area (Å²) in [6.45, 7) is 7.89. The van der Waals surface area contributed by atoms with Gasteiger partial charge in [0, 0.05) is 18.2 Å². The van der Waals surface area contributed by atoms with E-state index in [1.165, 1.54) is 0 Å². The number of hydrogen-bond donors (Lipinski definition) is 1. The average Bonchev–Trinajstić information content (AvgIpc) is 2.68. The van der Waals surface area contributed by atoms with E-state index >= 15 is 0 Å². The highest BCUT2D eigenvalue weighted by atomic mass is 32.2. The van der Waals surface area contributed by atoms with E-state index in [1.54, 1.807) is 0 Å². The van der Waals surface area contributed by atoms with Crippen LogP contribution >= 0.6 is 0 Å². The Morgan fingerprint density at radius 3 is 2.75 bits per heavy atom. The molecule has 6 heteroatoms. The van der Waals surface area contributed by atoms with Crippen molar-refractivity contribution in [2.45, 2.75) is 39.7 Å². The van der Waals surface area contributed by atoms with E-state index in [0.29, 0.717) is 24.7 Å². The van der Waals surface area contributed by atoms with Gasteiger partial charge in [-0.2, -0.15) is 0 Å². The van der Waals surface area contributed by atoms with E-state index in [0.717, 1.165) is 17.9 Å². The van der Waals surface area contributed by atoms with Crippen LogP contribution in [0.2, 0.25) is 0 Å². The second-order valence-electron chi connectivity index (χ2n) is 5.98. The first-order valence-corrected chi connectivity index (χ1v) is 8.93. The van der Waals surface area contributed by atoms with Crippen molar-refractivity contribution in [1.29, 1.82) is 0 Å². The van der Waals surface area contributed by atoms with Crippen molar-refractivity contribution in [3.8, 4) is 0 Å². The third-order valence-corrected chi connectivity index (χ3v) is 5.15. The highest BCUT2D eigenvalue weighted by molar-refractivity contribution is 7.91. The monoisotopic (exact) mass is 297 g/mol. The van der Waals surface area contributed by atoms with Crippen LogP contribution in [-0.4, -0.2) is 36.4 Å². The Balaban J connectivity index is 2.09. The van der Waals surface area contributed by atoms with Gasteiger partial charge in [0.2, 0.25) is 0 Å². The Morgan fingerprint density at radius 1 is 1.40 bits per heavy atom. The fourth-order valence-electron chi connectivity index (χ4n) is 2.42. The lowest BCUT2D eigenvalue weighted by Crippen LogP contribution is -2.20. The topological polar surface area (TPSA) is 72.0 Å². The van der Waals surface area contributed by atoms with E-state index in [4.69, 9.17) is 0 Å². The van der Waals surface area contributed by atoms with Crippen LogP contribution < -0.4 is 5.32 Å². The summed E-state index contributed by atoms with van der Waals surface area (Å²) in [5.41, 5.74) is 1.85. The molecule has 0 radical (unpaired) electrons. The van der Waals surface area contributed by atoms with Crippen LogP contribution in [0.1, 0.15) is 43.4 Å². The quantitative estimate of drug-likeness (QED) is 0.890. The van der Waals surface area contributed by atoms with Gasteiger partial charge in [0.25, 0.3) is 0 Å². The van der Waals surface area contributed by atoms with E-state index in [9.17, 15) is 8.42 Å². The lowest BCUT2D eigenvalue weighted by molar-refractivity contribution is 0.545. The zero-order valence-corrected chi connectivity index (χ0v) is 13.2. The van der Waals surface area contributed by atoms with E-state index < -0.39 is 9.84 Å². The molecule has 0 spiro atoms. The van der Waals surface area contributed by atoms with Crippen LogP contribution in [0.5, 0.6) is 0 Å². The van der Waals surface area contributed by atoms with Gasteiger partial charge in [-0.1, -0.05) is 13.8 Å². The van der Waals surface area contributed by atoms with Crippen molar-refractivity contribution in [2.24, 2.45) is 5.92 Å². The van der Waals surface area contributed by atoms with E-state index in [2.05, 4.69) is 29.1 Å². The molecule has 1 aromatic heterocycles. The smallest absolute Gasteiger partial charge is 0.151 e. The second kappa shape index (κ2) is 6.18. The van der Waals surface area contributed by atoms with E-state index in [1.807, 2.05) is 13.0 Å². The summed E-state index contributed by atoms with van der Waals surface area (Å²) in [6.07, 6.45) is 0.644. The van der Waals surface area contributed by atoms with Crippen LogP contribution in [0.25, 0.3) is 0 Å². The summed E-state index contributed by atoms with van der Waals surface area (Å²) >= 11 is 0. The molecule has 20 heavy (non-hydrogen) atoms. The van der Waals surface area contributed by atoms with Gasteiger partial charge in [0.05, 0.1) is 17.2 Å². The summed E-state index contributed by atoms with van der Waals surface area (Å²) in [5.74, 6) is 1.69. The summed E-state index contributed by atoms with van der Waals surface area (Å²) in [5, 5.41) is 3.35. The largest absolute Gasteiger partial charge is 0.311 e. The molecule has 1 aliphatic rings.